The molecule has 0 radical (unpaired) electrons. The van der Waals surface area contributed by atoms with Gasteiger partial charge in [-0.25, -0.2) is 13.4 Å². The first kappa shape index (κ1) is 21.6. The van der Waals surface area contributed by atoms with Crippen LogP contribution in [0.3, 0.4) is 0 Å². The third-order valence-electron chi connectivity index (χ3n) is 5.35. The number of pyridine rings is 1. The van der Waals surface area contributed by atoms with Gasteiger partial charge in [0.15, 0.2) is 0 Å². The Hall–Kier alpha value is -2.61. The van der Waals surface area contributed by atoms with E-state index in [1.165, 1.54) is 0 Å². The Morgan fingerprint density at radius 1 is 1.00 bits per heavy atom. The van der Waals surface area contributed by atoms with Crippen LogP contribution in [0.1, 0.15) is 11.1 Å². The molecule has 31 heavy (non-hydrogen) atoms. The molecule has 2 heterocycles. The van der Waals surface area contributed by atoms with Crippen molar-refractivity contribution in [3.8, 4) is 0 Å². The van der Waals surface area contributed by atoms with Crippen molar-refractivity contribution in [3.05, 3.63) is 83.0 Å². The molecule has 0 unspecified atom stereocenters. The van der Waals surface area contributed by atoms with Crippen molar-refractivity contribution < 1.29 is 8.42 Å². The quantitative estimate of drug-likeness (QED) is 0.603. The van der Waals surface area contributed by atoms with Gasteiger partial charge in [0.05, 0.1) is 16.8 Å². The van der Waals surface area contributed by atoms with Crippen molar-refractivity contribution in [2.45, 2.75) is 18.4 Å². The van der Waals surface area contributed by atoms with Crippen LogP contribution in [0.4, 0.5) is 11.5 Å². The van der Waals surface area contributed by atoms with E-state index in [2.05, 4.69) is 25.6 Å². The zero-order chi connectivity index (χ0) is 21.8. The number of aromatic nitrogens is 1. The van der Waals surface area contributed by atoms with Crippen molar-refractivity contribution in [2.24, 2.45) is 0 Å². The third-order valence-corrected chi connectivity index (χ3v) is 7.10. The molecule has 1 fully saturated rings. The van der Waals surface area contributed by atoms with E-state index in [0.717, 1.165) is 54.7 Å². The monoisotopic (exact) mass is 456 g/mol. The van der Waals surface area contributed by atoms with Gasteiger partial charge >= 0.3 is 0 Å². The van der Waals surface area contributed by atoms with Crippen molar-refractivity contribution in [3.63, 3.8) is 0 Å². The molecule has 0 aliphatic carbocycles. The lowest BCUT2D eigenvalue weighted by atomic mass is 10.2. The summed E-state index contributed by atoms with van der Waals surface area (Å²) in [6.07, 6.45) is 1.57. The second-order valence-electron chi connectivity index (χ2n) is 7.68. The summed E-state index contributed by atoms with van der Waals surface area (Å²) in [7, 11) is -3.64. The van der Waals surface area contributed by atoms with Crippen molar-refractivity contribution >= 4 is 33.1 Å². The van der Waals surface area contributed by atoms with Gasteiger partial charge in [0.25, 0.3) is 10.0 Å². The van der Waals surface area contributed by atoms with E-state index in [-0.39, 0.29) is 4.90 Å². The van der Waals surface area contributed by atoms with Gasteiger partial charge in [-0.1, -0.05) is 41.9 Å². The van der Waals surface area contributed by atoms with Gasteiger partial charge in [-0.05, 0) is 48.4 Å². The number of hydrogen-bond acceptors (Lipinski definition) is 5. The molecule has 4 rings (SSSR count). The molecule has 1 aliphatic heterocycles. The first-order chi connectivity index (χ1) is 14.9. The minimum Gasteiger partial charge on any atom is -0.354 e. The number of piperazine rings is 1. The van der Waals surface area contributed by atoms with Crippen LogP contribution in [0.2, 0.25) is 5.02 Å². The number of nitrogens with zero attached hydrogens (tertiary/aromatic N) is 3. The summed E-state index contributed by atoms with van der Waals surface area (Å²) < 4.78 is 27.8. The zero-order valence-corrected chi connectivity index (χ0v) is 18.9. The molecule has 2 aromatic carbocycles. The SMILES string of the molecule is Cc1cccc(S(=O)(=O)Nc2ccc(N3CCN(Cc4ccccc4Cl)CC3)nc2)c1. The Balaban J connectivity index is 1.35. The van der Waals surface area contributed by atoms with Gasteiger partial charge in [-0.15, -0.1) is 0 Å². The molecule has 0 amide bonds. The maximum absolute atomic E-state index is 12.6. The Labute approximate surface area is 188 Å². The van der Waals surface area contributed by atoms with Gasteiger partial charge in [-0.2, -0.15) is 0 Å². The predicted molar refractivity (Wildman–Crippen MR) is 125 cm³/mol. The van der Waals surface area contributed by atoms with Crippen molar-refractivity contribution in [2.75, 3.05) is 35.8 Å². The molecule has 1 aliphatic rings. The molecule has 1 aromatic heterocycles. The molecule has 8 heteroatoms. The van der Waals surface area contributed by atoms with E-state index in [4.69, 9.17) is 11.6 Å². The highest BCUT2D eigenvalue weighted by molar-refractivity contribution is 7.92. The summed E-state index contributed by atoms with van der Waals surface area (Å²) in [6.45, 7) is 6.23. The molecule has 6 nitrogen and oxygen atoms in total. The second-order valence-corrected chi connectivity index (χ2v) is 9.77. The van der Waals surface area contributed by atoms with E-state index in [9.17, 15) is 8.42 Å². The lowest BCUT2D eigenvalue weighted by Gasteiger charge is -2.35. The minimum atomic E-state index is -3.64. The molecule has 1 N–H and O–H groups in total. The fourth-order valence-electron chi connectivity index (χ4n) is 3.63. The summed E-state index contributed by atoms with van der Waals surface area (Å²) in [5.41, 5.74) is 2.48. The third kappa shape index (κ3) is 5.36. The predicted octanol–water partition coefficient (Wildman–Crippen LogP) is 4.17. The molecular weight excluding hydrogens is 432 g/mol. The van der Waals surface area contributed by atoms with Gasteiger partial charge < -0.3 is 4.90 Å². The lowest BCUT2D eigenvalue weighted by molar-refractivity contribution is 0.249. The Morgan fingerprint density at radius 3 is 2.45 bits per heavy atom. The van der Waals surface area contributed by atoms with Crippen LogP contribution in [0, 0.1) is 6.92 Å². The molecule has 0 atom stereocenters. The number of benzene rings is 2. The molecule has 0 saturated carbocycles. The van der Waals surface area contributed by atoms with Gasteiger partial charge in [0, 0.05) is 37.7 Å². The number of rotatable bonds is 6. The van der Waals surface area contributed by atoms with Crippen LogP contribution in [0.5, 0.6) is 0 Å². The number of halogens is 1. The standard InChI is InChI=1S/C23H25ClN4O2S/c1-18-5-4-7-21(15-18)31(29,30)26-20-9-10-23(25-16-20)28-13-11-27(12-14-28)17-19-6-2-3-8-22(19)24/h2-10,15-16,26H,11-14,17H2,1H3. The van der Waals surface area contributed by atoms with E-state index in [1.807, 2.05) is 37.3 Å². The number of anilines is 2. The number of nitrogens with one attached hydrogen (secondary N) is 1. The summed E-state index contributed by atoms with van der Waals surface area (Å²) >= 11 is 6.28. The van der Waals surface area contributed by atoms with Crippen molar-refractivity contribution in [1.82, 2.24) is 9.88 Å². The molecule has 0 bridgehead atoms. The Kier molecular flexibility index (Phi) is 6.46. The fourth-order valence-corrected chi connectivity index (χ4v) is 4.98. The topological polar surface area (TPSA) is 65.5 Å². The van der Waals surface area contributed by atoms with Crippen LogP contribution in [0.25, 0.3) is 0 Å². The minimum absolute atomic E-state index is 0.242. The van der Waals surface area contributed by atoms with E-state index in [1.54, 1.807) is 30.5 Å². The summed E-state index contributed by atoms with van der Waals surface area (Å²) in [5.74, 6) is 0.843. The summed E-state index contributed by atoms with van der Waals surface area (Å²) in [6, 6.07) is 18.4. The lowest BCUT2D eigenvalue weighted by Crippen LogP contribution is -2.46. The van der Waals surface area contributed by atoms with Crippen LogP contribution in [-0.4, -0.2) is 44.5 Å². The maximum atomic E-state index is 12.6. The fraction of sp³-hybridized carbons (Fsp3) is 0.261. The number of sulfonamides is 1. The second kappa shape index (κ2) is 9.26. The molecule has 162 valence electrons. The average Bonchev–Trinajstić information content (AvgIpc) is 2.76. The highest BCUT2D eigenvalue weighted by Crippen LogP contribution is 2.21. The van der Waals surface area contributed by atoms with Crippen LogP contribution in [-0.2, 0) is 16.6 Å². The molecule has 0 spiro atoms. The highest BCUT2D eigenvalue weighted by Gasteiger charge is 2.19. The largest absolute Gasteiger partial charge is 0.354 e. The van der Waals surface area contributed by atoms with Gasteiger partial charge in [-0.3, -0.25) is 9.62 Å². The van der Waals surface area contributed by atoms with E-state index in [0.29, 0.717) is 5.69 Å². The molecule has 1 saturated heterocycles. The normalized spacial score (nSPS) is 15.1. The van der Waals surface area contributed by atoms with Crippen LogP contribution < -0.4 is 9.62 Å². The van der Waals surface area contributed by atoms with E-state index < -0.39 is 10.0 Å². The maximum Gasteiger partial charge on any atom is 0.261 e. The first-order valence-electron chi connectivity index (χ1n) is 10.2. The van der Waals surface area contributed by atoms with Crippen molar-refractivity contribution in [1.29, 1.82) is 0 Å². The molecular formula is C23H25ClN4O2S. The molecule has 3 aromatic rings. The Morgan fingerprint density at radius 2 is 1.77 bits per heavy atom. The zero-order valence-electron chi connectivity index (χ0n) is 17.3. The smallest absolute Gasteiger partial charge is 0.261 e. The number of hydrogen-bond donors (Lipinski definition) is 1. The summed E-state index contributed by atoms with van der Waals surface area (Å²) in [4.78, 5) is 9.31. The van der Waals surface area contributed by atoms with Gasteiger partial charge in [0.1, 0.15) is 5.82 Å². The first-order valence-corrected chi connectivity index (χ1v) is 12.0. The Bertz CT molecular complexity index is 1140. The van der Waals surface area contributed by atoms with Crippen LogP contribution in [0.15, 0.2) is 71.8 Å². The summed E-state index contributed by atoms with van der Waals surface area (Å²) in [5, 5.41) is 0.801. The van der Waals surface area contributed by atoms with Gasteiger partial charge in [0.2, 0.25) is 0 Å². The average molecular weight is 457 g/mol. The van der Waals surface area contributed by atoms with Crippen LogP contribution >= 0.6 is 11.6 Å². The van der Waals surface area contributed by atoms with E-state index >= 15 is 0 Å². The number of aryl methyl sites for hydroxylation is 1. The highest BCUT2D eigenvalue weighted by atomic mass is 35.5.